The van der Waals surface area contributed by atoms with Crippen LogP contribution in [0.2, 0.25) is 0 Å². The molecular formula is C28H30F6N4O2S. The first kappa shape index (κ1) is 29.4. The molecule has 1 atom stereocenters. The molecule has 41 heavy (non-hydrogen) atoms. The lowest BCUT2D eigenvalue weighted by Crippen LogP contribution is -2.43. The lowest BCUT2D eigenvalue weighted by molar-refractivity contribution is -0.141. The summed E-state index contributed by atoms with van der Waals surface area (Å²) in [5, 5.41) is 0. The fourth-order valence-corrected chi connectivity index (χ4v) is 7.36. The van der Waals surface area contributed by atoms with Gasteiger partial charge in [0.1, 0.15) is 0 Å². The van der Waals surface area contributed by atoms with Crippen molar-refractivity contribution in [2.75, 3.05) is 11.4 Å². The molecule has 0 bridgehead atoms. The maximum absolute atomic E-state index is 13.8. The fourth-order valence-electron chi connectivity index (χ4n) is 5.90. The number of H-pyrrole nitrogens is 1. The van der Waals surface area contributed by atoms with Crippen molar-refractivity contribution in [3.63, 3.8) is 0 Å². The predicted octanol–water partition coefficient (Wildman–Crippen LogP) is 7.00. The highest BCUT2D eigenvalue weighted by Gasteiger charge is 2.40. The van der Waals surface area contributed by atoms with E-state index in [4.69, 9.17) is 0 Å². The van der Waals surface area contributed by atoms with Crippen molar-refractivity contribution in [1.82, 2.24) is 14.3 Å². The van der Waals surface area contributed by atoms with Crippen LogP contribution in [0, 0.1) is 5.92 Å². The minimum atomic E-state index is -4.67. The van der Waals surface area contributed by atoms with E-state index < -0.39 is 39.7 Å². The zero-order valence-electron chi connectivity index (χ0n) is 22.0. The molecule has 1 aromatic heterocycles. The van der Waals surface area contributed by atoms with Crippen molar-refractivity contribution in [3.05, 3.63) is 77.4 Å². The Labute approximate surface area is 234 Å². The Morgan fingerprint density at radius 3 is 2.24 bits per heavy atom. The average molecular weight is 601 g/mol. The van der Waals surface area contributed by atoms with Gasteiger partial charge in [-0.3, -0.25) is 0 Å². The number of nitrogens with zero attached hydrogens (tertiary/aromatic N) is 3. The van der Waals surface area contributed by atoms with E-state index >= 15 is 0 Å². The Morgan fingerprint density at radius 1 is 0.902 bits per heavy atom. The number of benzene rings is 2. The highest BCUT2D eigenvalue weighted by Crippen LogP contribution is 2.38. The first-order valence-electron chi connectivity index (χ1n) is 13.5. The number of para-hydroxylation sites is 1. The van der Waals surface area contributed by atoms with Gasteiger partial charge in [-0.2, -0.15) is 30.6 Å². The minimum Gasteiger partial charge on any atom is -0.361 e. The molecule has 1 saturated carbocycles. The van der Waals surface area contributed by atoms with E-state index in [-0.39, 0.29) is 30.2 Å². The average Bonchev–Trinajstić information content (AvgIpc) is 3.58. The van der Waals surface area contributed by atoms with E-state index in [1.165, 1.54) is 4.31 Å². The second-order valence-electron chi connectivity index (χ2n) is 10.7. The second-order valence-corrected chi connectivity index (χ2v) is 12.6. The zero-order valence-corrected chi connectivity index (χ0v) is 22.9. The standard InChI is InChI=1S/C28H30F6N4O2S/c29-27(30,31)21-10-13-23(14-11-21)41(39,40)37-15-20-7-3-4-8-25(20)38(17-24-26(28(32,33)34)36-18-35-24)22(16-37)12-9-19-5-1-2-6-19/h3-4,7-8,10-11,13-14,18-19,22H,1-2,5-6,9,12,15-17H2,(H,35,36)/t22-/m0/s1. The molecule has 3 aromatic rings. The number of hydrogen-bond acceptors (Lipinski definition) is 4. The van der Waals surface area contributed by atoms with Gasteiger partial charge >= 0.3 is 12.4 Å². The minimum absolute atomic E-state index is 0.0414. The van der Waals surface area contributed by atoms with Crippen LogP contribution < -0.4 is 4.90 Å². The molecule has 6 nitrogen and oxygen atoms in total. The predicted molar refractivity (Wildman–Crippen MR) is 140 cm³/mol. The largest absolute Gasteiger partial charge is 0.435 e. The molecule has 5 rings (SSSR count). The Bertz CT molecular complexity index is 1450. The van der Waals surface area contributed by atoms with Crippen LogP contribution in [0.1, 0.15) is 61.0 Å². The van der Waals surface area contributed by atoms with Gasteiger partial charge in [-0.05, 0) is 54.7 Å². The lowest BCUT2D eigenvalue weighted by atomic mass is 9.97. The normalized spacial score (nSPS) is 19.4. The molecule has 2 heterocycles. The summed E-state index contributed by atoms with van der Waals surface area (Å²) in [5.41, 5.74) is -0.922. The number of rotatable bonds is 7. The van der Waals surface area contributed by atoms with Crippen molar-refractivity contribution in [2.24, 2.45) is 5.92 Å². The van der Waals surface area contributed by atoms with E-state index in [1.807, 2.05) is 4.90 Å². The highest BCUT2D eigenvalue weighted by molar-refractivity contribution is 7.89. The van der Waals surface area contributed by atoms with E-state index in [1.54, 1.807) is 24.3 Å². The number of alkyl halides is 6. The van der Waals surface area contributed by atoms with Crippen molar-refractivity contribution < 1.29 is 34.8 Å². The van der Waals surface area contributed by atoms with Crippen molar-refractivity contribution >= 4 is 15.7 Å². The first-order valence-corrected chi connectivity index (χ1v) is 14.9. The molecular weight excluding hydrogens is 570 g/mol. The van der Waals surface area contributed by atoms with Crippen LogP contribution in [-0.4, -0.2) is 35.3 Å². The summed E-state index contributed by atoms with van der Waals surface area (Å²) in [6, 6.07) is 9.81. The third-order valence-electron chi connectivity index (χ3n) is 8.02. The SMILES string of the molecule is O=S(=O)(c1ccc(C(F)(F)F)cc1)N1Cc2ccccc2N(Cc2[nH]cnc2C(F)(F)F)[C@@H](CCC2CCCC2)C1. The van der Waals surface area contributed by atoms with E-state index in [9.17, 15) is 34.8 Å². The molecule has 0 saturated heterocycles. The molecule has 1 fully saturated rings. The van der Waals surface area contributed by atoms with Crippen LogP contribution >= 0.6 is 0 Å². The van der Waals surface area contributed by atoms with Gasteiger partial charge in [0.05, 0.1) is 29.0 Å². The van der Waals surface area contributed by atoms with Gasteiger partial charge in [0.2, 0.25) is 10.0 Å². The van der Waals surface area contributed by atoms with Crippen molar-refractivity contribution in [1.29, 1.82) is 0 Å². The first-order chi connectivity index (χ1) is 19.3. The summed E-state index contributed by atoms with van der Waals surface area (Å²) in [6.07, 6.45) is -2.64. The van der Waals surface area contributed by atoms with Gasteiger partial charge < -0.3 is 9.88 Å². The summed E-state index contributed by atoms with van der Waals surface area (Å²) in [6.45, 7) is -0.291. The van der Waals surface area contributed by atoms with Crippen LogP contribution in [0.4, 0.5) is 32.0 Å². The molecule has 2 aliphatic rings. The zero-order chi connectivity index (χ0) is 29.4. The molecule has 13 heteroatoms. The number of anilines is 1. The van der Waals surface area contributed by atoms with Gasteiger partial charge in [0, 0.05) is 24.8 Å². The maximum Gasteiger partial charge on any atom is 0.435 e. The Kier molecular flexibility index (Phi) is 8.12. The van der Waals surface area contributed by atoms with E-state index in [0.29, 0.717) is 23.6 Å². The van der Waals surface area contributed by atoms with Crippen LogP contribution in [0.5, 0.6) is 0 Å². The summed E-state index contributed by atoms with van der Waals surface area (Å²) < 4.78 is 109. The Hall–Kier alpha value is -3.06. The van der Waals surface area contributed by atoms with Crippen LogP contribution in [-0.2, 0) is 35.5 Å². The van der Waals surface area contributed by atoms with Gasteiger partial charge in [-0.25, -0.2) is 13.4 Å². The smallest absolute Gasteiger partial charge is 0.361 e. The Balaban J connectivity index is 1.52. The number of imidazole rings is 1. The summed E-state index contributed by atoms with van der Waals surface area (Å²) >= 11 is 0. The molecule has 0 amide bonds. The second kappa shape index (κ2) is 11.3. The lowest BCUT2D eigenvalue weighted by Gasteiger charge is -2.35. The Morgan fingerprint density at radius 2 is 1.59 bits per heavy atom. The number of fused-ring (bicyclic) bond motifs is 1. The molecule has 0 unspecified atom stereocenters. The third kappa shape index (κ3) is 6.40. The van der Waals surface area contributed by atoms with Crippen LogP contribution in [0.25, 0.3) is 0 Å². The molecule has 0 radical (unpaired) electrons. The van der Waals surface area contributed by atoms with Gasteiger partial charge in [-0.15, -0.1) is 0 Å². The summed E-state index contributed by atoms with van der Waals surface area (Å²) in [4.78, 5) is 7.64. The van der Waals surface area contributed by atoms with Gasteiger partial charge in [0.25, 0.3) is 0 Å². The number of nitrogens with one attached hydrogen (secondary N) is 1. The monoisotopic (exact) mass is 600 g/mol. The molecule has 222 valence electrons. The van der Waals surface area contributed by atoms with Crippen molar-refractivity contribution in [2.45, 2.75) is 74.9 Å². The number of halogens is 6. The number of aromatic amines is 1. The molecule has 1 N–H and O–H groups in total. The van der Waals surface area contributed by atoms with E-state index in [2.05, 4.69) is 9.97 Å². The summed E-state index contributed by atoms with van der Waals surface area (Å²) in [7, 11) is -4.24. The fraction of sp³-hybridized carbons (Fsp3) is 0.464. The van der Waals surface area contributed by atoms with Crippen molar-refractivity contribution in [3.8, 4) is 0 Å². The van der Waals surface area contributed by atoms with Crippen LogP contribution in [0.15, 0.2) is 59.8 Å². The van der Waals surface area contributed by atoms with Gasteiger partial charge in [-0.1, -0.05) is 43.9 Å². The third-order valence-corrected chi connectivity index (χ3v) is 9.85. The highest BCUT2D eigenvalue weighted by atomic mass is 32.2. The summed E-state index contributed by atoms with van der Waals surface area (Å²) in [5.74, 6) is 0.452. The molecule has 0 spiro atoms. The van der Waals surface area contributed by atoms with E-state index in [0.717, 1.165) is 62.7 Å². The quantitative estimate of drug-likeness (QED) is 0.297. The number of sulfonamides is 1. The number of aromatic nitrogens is 2. The molecule has 1 aliphatic heterocycles. The maximum atomic E-state index is 13.8. The van der Waals surface area contributed by atoms with Crippen LogP contribution in [0.3, 0.4) is 0 Å². The number of hydrogen-bond donors (Lipinski definition) is 1. The topological polar surface area (TPSA) is 69.3 Å². The molecule has 1 aliphatic carbocycles. The van der Waals surface area contributed by atoms with Gasteiger partial charge in [0.15, 0.2) is 5.69 Å². The molecule has 2 aromatic carbocycles.